The number of rotatable bonds is 4. The van der Waals surface area contributed by atoms with Gasteiger partial charge in [0.1, 0.15) is 0 Å². The molecule has 0 heterocycles. The van der Waals surface area contributed by atoms with E-state index in [1.54, 1.807) is 0 Å². The molecule has 0 saturated heterocycles. The highest BCUT2D eigenvalue weighted by molar-refractivity contribution is 5.91. The van der Waals surface area contributed by atoms with Gasteiger partial charge in [-0.2, -0.15) is 0 Å². The molecule has 0 saturated carbocycles. The third-order valence-electron chi connectivity index (χ3n) is 3.47. The van der Waals surface area contributed by atoms with Crippen LogP contribution in [0.5, 0.6) is 0 Å². The Morgan fingerprint density at radius 2 is 1.47 bits per heavy atom. The molecule has 0 unspecified atom stereocenters. The van der Waals surface area contributed by atoms with Crippen molar-refractivity contribution in [3.63, 3.8) is 0 Å². The Kier molecular flexibility index (Phi) is 3.83. The summed E-state index contributed by atoms with van der Waals surface area (Å²) in [6, 6.07) is 11.4. The van der Waals surface area contributed by atoms with Crippen molar-refractivity contribution in [2.45, 2.75) is 46.5 Å². The Morgan fingerprint density at radius 1 is 0.824 bits per heavy atom. The molecule has 0 N–H and O–H groups in total. The third-order valence-corrected chi connectivity index (χ3v) is 3.47. The van der Waals surface area contributed by atoms with Crippen LogP contribution in [0.15, 0.2) is 30.3 Å². The van der Waals surface area contributed by atoms with Crippen molar-refractivity contribution in [3.05, 3.63) is 47.0 Å². The summed E-state index contributed by atoms with van der Waals surface area (Å²) in [7, 11) is 0. The Balaban J connectivity index is 2.69. The highest BCUT2D eigenvalue weighted by Gasteiger charge is 2.07. The quantitative estimate of drug-likeness (QED) is 0.684. The van der Waals surface area contributed by atoms with E-state index < -0.39 is 0 Å². The molecule has 2 rings (SSSR count). The van der Waals surface area contributed by atoms with Crippen molar-refractivity contribution < 1.29 is 0 Å². The van der Waals surface area contributed by atoms with E-state index in [1.165, 1.54) is 53.1 Å². The van der Waals surface area contributed by atoms with E-state index in [0.717, 1.165) is 0 Å². The summed E-state index contributed by atoms with van der Waals surface area (Å²) in [5.74, 6) is 0. The van der Waals surface area contributed by atoms with E-state index in [2.05, 4.69) is 51.1 Å². The topological polar surface area (TPSA) is 0 Å². The van der Waals surface area contributed by atoms with Gasteiger partial charge in [-0.15, -0.1) is 0 Å². The lowest BCUT2D eigenvalue weighted by molar-refractivity contribution is 0.912. The van der Waals surface area contributed by atoms with Crippen LogP contribution in [0.1, 0.15) is 43.4 Å². The predicted molar refractivity (Wildman–Crippen MR) is 76.7 cm³/mol. The van der Waals surface area contributed by atoms with Crippen LogP contribution in [0, 0.1) is 6.92 Å². The third kappa shape index (κ3) is 2.36. The molecule has 90 valence electrons. The Labute approximate surface area is 105 Å². The molecule has 0 atom stereocenters. The average Bonchev–Trinajstić information content (AvgIpc) is 2.34. The molecule has 0 amide bonds. The second-order valence-corrected chi connectivity index (χ2v) is 4.88. The van der Waals surface area contributed by atoms with Gasteiger partial charge in [0.05, 0.1) is 0 Å². The second kappa shape index (κ2) is 5.35. The molecule has 0 nitrogen and oxygen atoms in total. The number of fused-ring (bicyclic) bond motifs is 1. The highest BCUT2D eigenvalue weighted by Crippen LogP contribution is 2.27. The maximum Gasteiger partial charge on any atom is -0.0117 e. The molecular formula is C17H22. The second-order valence-electron chi connectivity index (χ2n) is 4.88. The summed E-state index contributed by atoms with van der Waals surface area (Å²) in [5, 5.41) is 2.97. The van der Waals surface area contributed by atoms with Crippen LogP contribution >= 0.6 is 0 Å². The summed E-state index contributed by atoms with van der Waals surface area (Å²) < 4.78 is 0. The van der Waals surface area contributed by atoms with E-state index in [-0.39, 0.29) is 0 Å². The number of aryl methyl sites for hydroxylation is 3. The van der Waals surface area contributed by atoms with E-state index >= 15 is 0 Å². The van der Waals surface area contributed by atoms with Gasteiger partial charge in [0.25, 0.3) is 0 Å². The van der Waals surface area contributed by atoms with Crippen molar-refractivity contribution in [2.75, 3.05) is 0 Å². The summed E-state index contributed by atoms with van der Waals surface area (Å²) in [5.41, 5.74) is 4.45. The van der Waals surface area contributed by atoms with E-state index in [1.807, 2.05) is 0 Å². The molecular weight excluding hydrogens is 204 g/mol. The van der Waals surface area contributed by atoms with Gasteiger partial charge in [-0.25, -0.2) is 0 Å². The first-order chi connectivity index (χ1) is 8.27. The first kappa shape index (κ1) is 12.2. The fourth-order valence-electron chi connectivity index (χ4n) is 2.66. The molecule has 0 aliphatic heterocycles. The monoisotopic (exact) mass is 226 g/mol. The van der Waals surface area contributed by atoms with Gasteiger partial charge in [-0.1, -0.05) is 57.0 Å². The van der Waals surface area contributed by atoms with Crippen LogP contribution in [-0.2, 0) is 12.8 Å². The summed E-state index contributed by atoms with van der Waals surface area (Å²) in [6.07, 6.45) is 4.83. The van der Waals surface area contributed by atoms with Gasteiger partial charge >= 0.3 is 0 Å². The zero-order valence-electron chi connectivity index (χ0n) is 11.2. The molecule has 0 bridgehead atoms. The van der Waals surface area contributed by atoms with E-state index in [9.17, 15) is 0 Å². The minimum absolute atomic E-state index is 1.19. The minimum atomic E-state index is 1.19. The average molecular weight is 226 g/mol. The van der Waals surface area contributed by atoms with Crippen molar-refractivity contribution in [3.8, 4) is 0 Å². The fourth-order valence-corrected chi connectivity index (χ4v) is 2.66. The van der Waals surface area contributed by atoms with Gasteiger partial charge in [0, 0.05) is 0 Å². The number of hydrogen-bond acceptors (Lipinski definition) is 0. The van der Waals surface area contributed by atoms with Crippen LogP contribution in [-0.4, -0.2) is 0 Å². The lowest BCUT2D eigenvalue weighted by Crippen LogP contribution is -1.94. The molecule has 0 aliphatic rings. The van der Waals surface area contributed by atoms with Gasteiger partial charge in [0.2, 0.25) is 0 Å². The van der Waals surface area contributed by atoms with Crippen LogP contribution in [0.3, 0.4) is 0 Å². The van der Waals surface area contributed by atoms with Crippen molar-refractivity contribution in [1.29, 1.82) is 0 Å². The molecule has 0 aromatic heterocycles. The summed E-state index contributed by atoms with van der Waals surface area (Å²) >= 11 is 0. The van der Waals surface area contributed by atoms with Gasteiger partial charge in [-0.05, 0) is 47.2 Å². The zero-order valence-corrected chi connectivity index (χ0v) is 11.2. The normalized spacial score (nSPS) is 11.0. The molecule has 2 aromatic rings. The smallest absolute Gasteiger partial charge is 0.0117 e. The molecule has 0 radical (unpaired) electrons. The van der Waals surface area contributed by atoms with Gasteiger partial charge < -0.3 is 0 Å². The zero-order chi connectivity index (χ0) is 12.3. The molecule has 0 fully saturated rings. The predicted octanol–water partition coefficient (Wildman–Crippen LogP) is 5.05. The molecule has 17 heavy (non-hydrogen) atoms. The van der Waals surface area contributed by atoms with E-state index in [0.29, 0.717) is 0 Å². The SMILES string of the molecule is CCCc1cccc2c(C)ccc(CCC)c12. The van der Waals surface area contributed by atoms with Crippen molar-refractivity contribution >= 4 is 10.8 Å². The Bertz CT molecular complexity index is 496. The standard InChI is InChI=1S/C17H22/c1-4-7-14-9-6-10-16-13(3)11-12-15(8-5-2)17(14)16/h6,9-12H,4-5,7-8H2,1-3H3. The van der Waals surface area contributed by atoms with Crippen LogP contribution in [0.25, 0.3) is 10.8 Å². The molecule has 0 spiro atoms. The number of benzene rings is 2. The molecule has 2 aromatic carbocycles. The Morgan fingerprint density at radius 3 is 2.12 bits per heavy atom. The lowest BCUT2D eigenvalue weighted by Gasteiger charge is -2.13. The minimum Gasteiger partial charge on any atom is -0.0651 e. The lowest BCUT2D eigenvalue weighted by atomic mass is 9.92. The van der Waals surface area contributed by atoms with Crippen molar-refractivity contribution in [1.82, 2.24) is 0 Å². The van der Waals surface area contributed by atoms with Gasteiger partial charge in [-0.3, -0.25) is 0 Å². The largest absolute Gasteiger partial charge is 0.0651 e. The molecule has 0 aliphatic carbocycles. The molecule has 0 heteroatoms. The summed E-state index contributed by atoms with van der Waals surface area (Å²) in [4.78, 5) is 0. The summed E-state index contributed by atoms with van der Waals surface area (Å²) in [6.45, 7) is 6.73. The maximum atomic E-state index is 2.32. The van der Waals surface area contributed by atoms with Crippen LogP contribution in [0.2, 0.25) is 0 Å². The van der Waals surface area contributed by atoms with Crippen LogP contribution in [0.4, 0.5) is 0 Å². The Hall–Kier alpha value is -1.30. The van der Waals surface area contributed by atoms with E-state index in [4.69, 9.17) is 0 Å². The number of hydrogen-bond donors (Lipinski definition) is 0. The highest BCUT2D eigenvalue weighted by atomic mass is 14.1. The van der Waals surface area contributed by atoms with Gasteiger partial charge in [0.15, 0.2) is 0 Å². The first-order valence-corrected chi connectivity index (χ1v) is 6.78. The fraction of sp³-hybridized carbons (Fsp3) is 0.412. The van der Waals surface area contributed by atoms with Crippen LogP contribution < -0.4 is 0 Å². The maximum absolute atomic E-state index is 2.32. The first-order valence-electron chi connectivity index (χ1n) is 6.78. The van der Waals surface area contributed by atoms with Crippen molar-refractivity contribution in [2.24, 2.45) is 0 Å².